The fourth-order valence-electron chi connectivity index (χ4n) is 4.83. The van der Waals surface area contributed by atoms with Crippen LogP contribution in [-0.2, 0) is 21.4 Å². The van der Waals surface area contributed by atoms with Gasteiger partial charge in [0.25, 0.3) is 0 Å². The van der Waals surface area contributed by atoms with E-state index < -0.39 is 17.1 Å². The van der Waals surface area contributed by atoms with E-state index in [1.807, 2.05) is 12.9 Å². The van der Waals surface area contributed by atoms with Crippen LogP contribution in [0.25, 0.3) is 0 Å². The van der Waals surface area contributed by atoms with Gasteiger partial charge in [0.2, 0.25) is 0 Å². The lowest BCUT2D eigenvalue weighted by atomic mass is 9.51. The molecule has 2 aliphatic heterocycles. The molecule has 6 heteroatoms. The second-order valence-corrected chi connectivity index (χ2v) is 6.44. The van der Waals surface area contributed by atoms with E-state index in [0.717, 1.165) is 17.7 Å². The molecule has 0 radical (unpaired) electrons. The molecule has 3 N–H and O–H groups in total. The largest absolute Gasteiger partial charge is 0.504 e. The fraction of sp³-hybridized carbons (Fsp3) is 0.412. The van der Waals surface area contributed by atoms with E-state index >= 15 is 0 Å². The number of carbonyl (C=O) groups excluding carboxylic acids is 2. The molecule has 4 atom stereocenters. The first-order chi connectivity index (χ1) is 11.1. The number of hydrogen-bond donors (Lipinski definition) is 3. The molecule has 1 fully saturated rings. The van der Waals surface area contributed by atoms with Gasteiger partial charge in [-0.25, -0.2) is 0 Å². The summed E-state index contributed by atoms with van der Waals surface area (Å²) in [6.45, 7) is 2.72. The van der Waals surface area contributed by atoms with E-state index in [1.54, 1.807) is 12.1 Å². The summed E-state index contributed by atoms with van der Waals surface area (Å²) >= 11 is 0. The van der Waals surface area contributed by atoms with Gasteiger partial charge in [0.05, 0.1) is 5.41 Å². The van der Waals surface area contributed by atoms with Crippen LogP contribution >= 0.6 is 0 Å². The van der Waals surface area contributed by atoms with Crippen LogP contribution in [0.3, 0.4) is 0 Å². The summed E-state index contributed by atoms with van der Waals surface area (Å²) in [6.07, 6.45) is 3.60. The summed E-state index contributed by atoms with van der Waals surface area (Å²) < 4.78 is 5.85. The second-order valence-electron chi connectivity index (χ2n) is 6.44. The Kier molecular flexibility index (Phi) is 2.77. The number of rotatable bonds is 0. The highest BCUT2D eigenvalue weighted by Gasteiger charge is 2.70. The highest BCUT2D eigenvalue weighted by atomic mass is 16.5. The zero-order valence-corrected chi connectivity index (χ0v) is 12.4. The molecule has 120 valence electrons. The molecule has 6 nitrogen and oxygen atoms in total. The normalized spacial score (nSPS) is 38.2. The van der Waals surface area contributed by atoms with Crippen molar-refractivity contribution in [3.8, 4) is 11.5 Å². The standard InChI is InChI=1S/C16H15NO4.CH2O/c18-9-2-1-8-7-11-16(20)4-3-10(19)14-15(16,5-6-17-11)12(8)13(9)21-14;1-2/h1-4,11,14,17-18,20H,5-7H2;1H2/t11-,14+,15+,16-;/m1./s1. The Labute approximate surface area is 132 Å². The number of phenols is 1. The number of benzene rings is 1. The van der Waals surface area contributed by atoms with E-state index in [9.17, 15) is 15.0 Å². The minimum atomic E-state index is -1.14. The Morgan fingerprint density at radius 1 is 1.35 bits per heavy atom. The summed E-state index contributed by atoms with van der Waals surface area (Å²) in [6, 6.07) is 3.36. The maximum absolute atomic E-state index is 12.3. The van der Waals surface area contributed by atoms with Crippen LogP contribution in [-0.4, -0.2) is 47.1 Å². The number of hydrogen-bond acceptors (Lipinski definition) is 6. The molecular formula is C17H17NO5. The third-order valence-electron chi connectivity index (χ3n) is 5.69. The van der Waals surface area contributed by atoms with Crippen molar-refractivity contribution in [1.82, 2.24) is 5.32 Å². The summed E-state index contributed by atoms with van der Waals surface area (Å²) in [5.74, 6) is 0.293. The van der Waals surface area contributed by atoms with Gasteiger partial charge in [-0.15, -0.1) is 0 Å². The number of aliphatic hydroxyl groups is 1. The molecule has 0 aromatic heterocycles. The Balaban J connectivity index is 0.000000652. The van der Waals surface area contributed by atoms with Crippen LogP contribution in [0.15, 0.2) is 24.3 Å². The van der Waals surface area contributed by atoms with Crippen molar-refractivity contribution in [2.45, 2.75) is 36.0 Å². The van der Waals surface area contributed by atoms with Gasteiger partial charge in [-0.3, -0.25) is 4.79 Å². The van der Waals surface area contributed by atoms with Gasteiger partial charge < -0.3 is 25.1 Å². The topological polar surface area (TPSA) is 95.9 Å². The minimum Gasteiger partial charge on any atom is -0.504 e. The first kappa shape index (κ1) is 14.4. The lowest BCUT2D eigenvalue weighted by Crippen LogP contribution is -2.74. The molecule has 2 aliphatic carbocycles. The van der Waals surface area contributed by atoms with Crippen LogP contribution in [0.4, 0.5) is 0 Å². The molecule has 23 heavy (non-hydrogen) atoms. The molecule has 5 rings (SSSR count). The SMILES string of the molecule is C=O.O=C1C=C[C@@]2(O)[C@H]3Cc4ccc(O)c5c4[C@@]2(CCN3)[C@H]1O5. The molecule has 0 saturated carbocycles. The van der Waals surface area contributed by atoms with Gasteiger partial charge in [-0.2, -0.15) is 0 Å². The maximum Gasteiger partial charge on any atom is 0.196 e. The van der Waals surface area contributed by atoms with Crippen molar-refractivity contribution in [2.75, 3.05) is 6.54 Å². The highest BCUT2D eigenvalue weighted by molar-refractivity contribution is 5.99. The Morgan fingerprint density at radius 3 is 2.91 bits per heavy atom. The van der Waals surface area contributed by atoms with E-state index in [2.05, 4.69) is 5.32 Å². The molecule has 1 aromatic carbocycles. The number of piperidine rings is 1. The van der Waals surface area contributed by atoms with Gasteiger partial charge in [0.1, 0.15) is 12.4 Å². The number of ether oxygens (including phenoxy) is 1. The summed E-state index contributed by atoms with van der Waals surface area (Å²) in [5.41, 5.74) is -0.0209. The van der Waals surface area contributed by atoms with Gasteiger partial charge in [0.15, 0.2) is 23.4 Å². The molecule has 1 aromatic rings. The van der Waals surface area contributed by atoms with E-state index in [4.69, 9.17) is 9.53 Å². The molecule has 4 aliphatic rings. The van der Waals surface area contributed by atoms with Crippen molar-refractivity contribution in [3.63, 3.8) is 0 Å². The zero-order chi connectivity index (χ0) is 16.4. The predicted octanol–water partition coefficient (Wildman–Crippen LogP) is -0.00590. The molecule has 0 unspecified atom stereocenters. The van der Waals surface area contributed by atoms with E-state index in [0.29, 0.717) is 18.6 Å². The van der Waals surface area contributed by atoms with Crippen molar-refractivity contribution >= 4 is 12.6 Å². The molecule has 2 heterocycles. The lowest BCUT2D eigenvalue weighted by molar-refractivity contribution is -0.139. The molecular weight excluding hydrogens is 298 g/mol. The van der Waals surface area contributed by atoms with Crippen LogP contribution in [0.2, 0.25) is 0 Å². The second kappa shape index (κ2) is 4.43. The zero-order valence-electron chi connectivity index (χ0n) is 12.4. The lowest BCUT2D eigenvalue weighted by Gasteiger charge is -2.57. The minimum absolute atomic E-state index is 0.0460. The van der Waals surface area contributed by atoms with Crippen molar-refractivity contribution in [1.29, 1.82) is 0 Å². The van der Waals surface area contributed by atoms with Crippen molar-refractivity contribution < 1.29 is 24.5 Å². The van der Waals surface area contributed by atoms with Crippen LogP contribution in [0.1, 0.15) is 17.5 Å². The number of aromatic hydroxyl groups is 1. The smallest absolute Gasteiger partial charge is 0.196 e. The van der Waals surface area contributed by atoms with Gasteiger partial charge in [0, 0.05) is 11.6 Å². The third-order valence-corrected chi connectivity index (χ3v) is 5.69. The summed E-state index contributed by atoms with van der Waals surface area (Å²) in [4.78, 5) is 20.3. The van der Waals surface area contributed by atoms with Gasteiger partial charge in [-0.05, 0) is 43.2 Å². The molecule has 2 bridgehead atoms. The highest BCUT2D eigenvalue weighted by Crippen LogP contribution is 2.62. The third kappa shape index (κ3) is 1.41. The van der Waals surface area contributed by atoms with E-state index in [-0.39, 0.29) is 17.6 Å². The van der Waals surface area contributed by atoms with Gasteiger partial charge >= 0.3 is 0 Å². The molecule has 0 amide bonds. The van der Waals surface area contributed by atoms with Crippen molar-refractivity contribution in [3.05, 3.63) is 35.4 Å². The fourth-order valence-corrected chi connectivity index (χ4v) is 4.83. The summed E-state index contributed by atoms with van der Waals surface area (Å²) in [5, 5.41) is 24.8. The molecule has 1 spiro atoms. The number of ketones is 1. The Morgan fingerprint density at radius 2 is 2.13 bits per heavy atom. The average molecular weight is 315 g/mol. The Bertz CT molecular complexity index is 745. The summed E-state index contributed by atoms with van der Waals surface area (Å²) in [7, 11) is 0. The molecule has 1 saturated heterocycles. The van der Waals surface area contributed by atoms with E-state index in [1.165, 1.54) is 6.08 Å². The van der Waals surface area contributed by atoms with Gasteiger partial charge in [-0.1, -0.05) is 6.07 Å². The maximum atomic E-state index is 12.3. The number of carbonyl (C=O) groups is 2. The van der Waals surface area contributed by atoms with Crippen LogP contribution in [0, 0.1) is 0 Å². The monoisotopic (exact) mass is 315 g/mol. The van der Waals surface area contributed by atoms with Crippen LogP contribution in [0.5, 0.6) is 11.5 Å². The van der Waals surface area contributed by atoms with Crippen LogP contribution < -0.4 is 10.1 Å². The first-order valence-electron chi connectivity index (χ1n) is 7.57. The number of nitrogens with one attached hydrogen (secondary N) is 1. The average Bonchev–Trinajstić information content (AvgIpc) is 2.90. The van der Waals surface area contributed by atoms with Crippen molar-refractivity contribution in [2.24, 2.45) is 0 Å². The quantitative estimate of drug-likeness (QED) is 0.623. The predicted molar refractivity (Wildman–Crippen MR) is 80.5 cm³/mol. The number of phenolic OH excluding ortho intramolecular Hbond substituents is 1. The Hall–Kier alpha value is -2.18. The first-order valence-corrected chi connectivity index (χ1v) is 7.57.